The van der Waals surface area contributed by atoms with Gasteiger partial charge in [-0.1, -0.05) is 17.7 Å². The minimum absolute atomic E-state index is 0.284. The number of rotatable bonds is 4. The van der Waals surface area contributed by atoms with Crippen LogP contribution in [0.2, 0.25) is 5.02 Å². The molecule has 2 rings (SSSR count). The van der Waals surface area contributed by atoms with E-state index >= 15 is 0 Å². The SMILES string of the molecule is NC(CCc1cccs1)c1cc(Cl)ccc1F. The fourth-order valence-electron chi connectivity index (χ4n) is 1.71. The van der Waals surface area contributed by atoms with E-state index in [0.717, 1.165) is 12.8 Å². The van der Waals surface area contributed by atoms with E-state index < -0.39 is 0 Å². The highest BCUT2D eigenvalue weighted by molar-refractivity contribution is 7.09. The molecule has 1 nitrogen and oxygen atoms in total. The van der Waals surface area contributed by atoms with Gasteiger partial charge in [0.05, 0.1) is 0 Å². The minimum atomic E-state index is -0.309. The summed E-state index contributed by atoms with van der Waals surface area (Å²) in [5.74, 6) is -0.284. The van der Waals surface area contributed by atoms with Gasteiger partial charge in [-0.3, -0.25) is 0 Å². The predicted octanol–water partition coefficient (Wildman–Crippen LogP) is 4.17. The number of halogens is 2. The number of nitrogens with two attached hydrogens (primary N) is 1. The highest BCUT2D eigenvalue weighted by atomic mass is 35.5. The zero-order valence-corrected chi connectivity index (χ0v) is 10.8. The third-order valence-electron chi connectivity index (χ3n) is 2.64. The maximum atomic E-state index is 13.5. The fourth-order valence-corrected chi connectivity index (χ4v) is 2.61. The minimum Gasteiger partial charge on any atom is -0.324 e. The largest absolute Gasteiger partial charge is 0.324 e. The zero-order chi connectivity index (χ0) is 12.3. The van der Waals surface area contributed by atoms with Crippen molar-refractivity contribution >= 4 is 22.9 Å². The van der Waals surface area contributed by atoms with Gasteiger partial charge >= 0.3 is 0 Å². The highest BCUT2D eigenvalue weighted by Crippen LogP contribution is 2.24. The Morgan fingerprint density at radius 1 is 1.35 bits per heavy atom. The number of hydrogen-bond acceptors (Lipinski definition) is 2. The van der Waals surface area contributed by atoms with Crippen LogP contribution in [0.15, 0.2) is 35.7 Å². The van der Waals surface area contributed by atoms with Gasteiger partial charge in [0.25, 0.3) is 0 Å². The van der Waals surface area contributed by atoms with E-state index in [1.54, 1.807) is 17.4 Å². The molecule has 0 saturated heterocycles. The van der Waals surface area contributed by atoms with Gasteiger partial charge in [0.2, 0.25) is 0 Å². The van der Waals surface area contributed by atoms with Crippen molar-refractivity contribution in [3.8, 4) is 0 Å². The normalized spacial score (nSPS) is 12.6. The molecule has 0 spiro atoms. The van der Waals surface area contributed by atoms with E-state index in [9.17, 15) is 4.39 Å². The molecule has 1 atom stereocenters. The smallest absolute Gasteiger partial charge is 0.128 e. The van der Waals surface area contributed by atoms with E-state index in [1.165, 1.54) is 17.0 Å². The van der Waals surface area contributed by atoms with Crippen LogP contribution in [0.25, 0.3) is 0 Å². The highest BCUT2D eigenvalue weighted by Gasteiger charge is 2.12. The monoisotopic (exact) mass is 269 g/mol. The third-order valence-corrected chi connectivity index (χ3v) is 3.81. The molecule has 0 saturated carbocycles. The standard InChI is InChI=1S/C13H13ClFNS/c14-9-3-5-12(15)11(8-9)13(16)6-4-10-2-1-7-17-10/h1-3,5,7-8,13H,4,6,16H2. The zero-order valence-electron chi connectivity index (χ0n) is 9.20. The molecule has 0 aliphatic rings. The van der Waals surface area contributed by atoms with Crippen LogP contribution in [0.5, 0.6) is 0 Å². The van der Waals surface area contributed by atoms with Gasteiger partial charge in [0, 0.05) is 21.5 Å². The summed E-state index contributed by atoms with van der Waals surface area (Å²) in [6.45, 7) is 0. The number of thiophene rings is 1. The lowest BCUT2D eigenvalue weighted by atomic mass is 10.0. The Bertz CT molecular complexity index is 484. The molecule has 0 amide bonds. The van der Waals surface area contributed by atoms with Gasteiger partial charge in [0.15, 0.2) is 0 Å². The van der Waals surface area contributed by atoms with Crippen LogP contribution in [0.1, 0.15) is 22.9 Å². The van der Waals surface area contributed by atoms with Crippen LogP contribution in [0.3, 0.4) is 0 Å². The lowest BCUT2D eigenvalue weighted by Crippen LogP contribution is -2.13. The summed E-state index contributed by atoms with van der Waals surface area (Å²) in [7, 11) is 0. The first-order valence-corrected chi connectivity index (χ1v) is 6.65. The summed E-state index contributed by atoms with van der Waals surface area (Å²) in [5, 5.41) is 2.55. The number of aryl methyl sites for hydroxylation is 1. The summed E-state index contributed by atoms with van der Waals surface area (Å²) >= 11 is 7.53. The molecule has 1 aromatic heterocycles. The Morgan fingerprint density at radius 3 is 2.88 bits per heavy atom. The van der Waals surface area contributed by atoms with Crippen molar-refractivity contribution in [1.29, 1.82) is 0 Å². The Balaban J connectivity index is 2.04. The van der Waals surface area contributed by atoms with Crippen molar-refractivity contribution < 1.29 is 4.39 Å². The fraction of sp³-hybridized carbons (Fsp3) is 0.231. The second kappa shape index (κ2) is 5.63. The molecule has 4 heteroatoms. The van der Waals surface area contributed by atoms with Gasteiger partial charge in [-0.2, -0.15) is 0 Å². The molecule has 1 unspecified atom stereocenters. The summed E-state index contributed by atoms with van der Waals surface area (Å²) in [4.78, 5) is 1.27. The van der Waals surface area contributed by atoms with Gasteiger partial charge < -0.3 is 5.73 Å². The molecule has 2 N–H and O–H groups in total. The van der Waals surface area contributed by atoms with E-state index in [0.29, 0.717) is 10.6 Å². The summed E-state index contributed by atoms with van der Waals surface area (Å²) in [6, 6.07) is 8.26. The topological polar surface area (TPSA) is 26.0 Å². The van der Waals surface area contributed by atoms with E-state index in [1.807, 2.05) is 11.4 Å². The van der Waals surface area contributed by atoms with Crippen LogP contribution < -0.4 is 5.73 Å². The molecule has 90 valence electrons. The summed E-state index contributed by atoms with van der Waals surface area (Å²) < 4.78 is 13.5. The van der Waals surface area contributed by atoms with Crippen LogP contribution >= 0.6 is 22.9 Å². The number of benzene rings is 1. The molecule has 0 bridgehead atoms. The van der Waals surface area contributed by atoms with Gasteiger partial charge in [-0.25, -0.2) is 4.39 Å². The first kappa shape index (κ1) is 12.6. The molecule has 0 radical (unpaired) electrons. The first-order chi connectivity index (χ1) is 8.16. The predicted molar refractivity (Wildman–Crippen MR) is 71.0 cm³/mol. The van der Waals surface area contributed by atoms with Gasteiger partial charge in [0.1, 0.15) is 5.82 Å². The molecule has 0 aliphatic carbocycles. The number of hydrogen-bond donors (Lipinski definition) is 1. The average Bonchev–Trinajstić information content (AvgIpc) is 2.82. The third kappa shape index (κ3) is 3.28. The van der Waals surface area contributed by atoms with E-state index in [-0.39, 0.29) is 11.9 Å². The Hall–Kier alpha value is -0.900. The molecule has 1 heterocycles. The van der Waals surface area contributed by atoms with Crippen molar-refractivity contribution in [2.75, 3.05) is 0 Å². The van der Waals surface area contributed by atoms with Crippen LogP contribution in [-0.2, 0) is 6.42 Å². The van der Waals surface area contributed by atoms with E-state index in [4.69, 9.17) is 17.3 Å². The molecule has 2 aromatic rings. The Labute approximate surface area is 109 Å². The van der Waals surface area contributed by atoms with Crippen molar-refractivity contribution in [2.24, 2.45) is 5.73 Å². The van der Waals surface area contributed by atoms with Crippen molar-refractivity contribution in [2.45, 2.75) is 18.9 Å². The Kier molecular flexibility index (Phi) is 4.15. The van der Waals surface area contributed by atoms with Gasteiger partial charge in [-0.05, 0) is 42.5 Å². The molecular formula is C13H13ClFNS. The molecule has 0 fully saturated rings. The lowest BCUT2D eigenvalue weighted by Gasteiger charge is -2.12. The van der Waals surface area contributed by atoms with Crippen molar-refractivity contribution in [1.82, 2.24) is 0 Å². The average molecular weight is 270 g/mol. The lowest BCUT2D eigenvalue weighted by molar-refractivity contribution is 0.565. The van der Waals surface area contributed by atoms with Crippen molar-refractivity contribution in [3.05, 3.63) is 57.0 Å². The summed E-state index contributed by atoms with van der Waals surface area (Å²) in [6.07, 6.45) is 1.59. The first-order valence-electron chi connectivity index (χ1n) is 5.39. The second-order valence-corrected chi connectivity index (χ2v) is 5.36. The maximum absolute atomic E-state index is 13.5. The quantitative estimate of drug-likeness (QED) is 0.886. The molecular weight excluding hydrogens is 257 g/mol. The molecule has 1 aromatic carbocycles. The van der Waals surface area contributed by atoms with E-state index in [2.05, 4.69) is 6.07 Å². The van der Waals surface area contributed by atoms with Crippen LogP contribution in [-0.4, -0.2) is 0 Å². The van der Waals surface area contributed by atoms with Gasteiger partial charge in [-0.15, -0.1) is 11.3 Å². The molecule has 0 aliphatic heterocycles. The molecule has 17 heavy (non-hydrogen) atoms. The second-order valence-electron chi connectivity index (χ2n) is 3.89. The van der Waals surface area contributed by atoms with Crippen LogP contribution in [0, 0.1) is 5.82 Å². The summed E-state index contributed by atoms with van der Waals surface area (Å²) in [5.41, 5.74) is 6.48. The van der Waals surface area contributed by atoms with Crippen LogP contribution in [0.4, 0.5) is 4.39 Å². The van der Waals surface area contributed by atoms with Crippen molar-refractivity contribution in [3.63, 3.8) is 0 Å². The maximum Gasteiger partial charge on any atom is 0.128 e. The Morgan fingerprint density at radius 2 is 2.18 bits per heavy atom.